The van der Waals surface area contributed by atoms with E-state index in [2.05, 4.69) is 0 Å². The molecule has 1 unspecified atom stereocenters. The molecular weight excluding hydrogens is 188 g/mol. The molecule has 0 aliphatic carbocycles. The molecule has 4 heteroatoms. The van der Waals surface area contributed by atoms with Gasteiger partial charge in [-0.25, -0.2) is 8.78 Å². The van der Waals surface area contributed by atoms with Crippen molar-refractivity contribution in [3.63, 3.8) is 0 Å². The van der Waals surface area contributed by atoms with Crippen molar-refractivity contribution in [2.24, 2.45) is 5.73 Å². The lowest BCUT2D eigenvalue weighted by molar-refractivity contribution is 0.0460. The minimum absolute atomic E-state index is 0.0528. The van der Waals surface area contributed by atoms with E-state index in [4.69, 9.17) is 5.73 Å². The lowest BCUT2D eigenvalue weighted by Crippen LogP contribution is -2.26. The van der Waals surface area contributed by atoms with Gasteiger partial charge in [-0.2, -0.15) is 0 Å². The van der Waals surface area contributed by atoms with Crippen molar-refractivity contribution < 1.29 is 13.9 Å². The highest BCUT2D eigenvalue weighted by molar-refractivity contribution is 5.24. The third-order valence-corrected chi connectivity index (χ3v) is 2.16. The summed E-state index contributed by atoms with van der Waals surface area (Å²) in [5, 5.41) is 9.80. The van der Waals surface area contributed by atoms with E-state index in [1.165, 1.54) is 19.1 Å². The average Bonchev–Trinajstić information content (AvgIpc) is 2.09. The first-order valence-corrected chi connectivity index (χ1v) is 4.36. The van der Waals surface area contributed by atoms with Crippen LogP contribution < -0.4 is 5.73 Å². The molecule has 3 N–H and O–H groups in total. The standard InChI is InChI=1S/C10H13F2NO/c1-10(14,5-6-13)7-3-2-4-8(11)9(7)12/h2-4,14H,5-6,13H2,1H3. The van der Waals surface area contributed by atoms with Crippen LogP contribution >= 0.6 is 0 Å². The maximum Gasteiger partial charge on any atom is 0.164 e. The number of aliphatic hydroxyl groups is 1. The second kappa shape index (κ2) is 4.02. The molecule has 0 saturated heterocycles. The number of halogens is 2. The Labute approximate surface area is 81.4 Å². The number of benzene rings is 1. The summed E-state index contributed by atoms with van der Waals surface area (Å²) in [5.74, 6) is -1.97. The first-order valence-electron chi connectivity index (χ1n) is 4.36. The largest absolute Gasteiger partial charge is 0.385 e. The lowest BCUT2D eigenvalue weighted by Gasteiger charge is -2.23. The molecule has 0 aliphatic heterocycles. The van der Waals surface area contributed by atoms with Gasteiger partial charge in [0.15, 0.2) is 11.6 Å². The Morgan fingerprint density at radius 1 is 1.43 bits per heavy atom. The summed E-state index contributed by atoms with van der Waals surface area (Å²) < 4.78 is 26.1. The van der Waals surface area contributed by atoms with Crippen molar-refractivity contribution in [1.82, 2.24) is 0 Å². The normalized spacial score (nSPS) is 15.2. The molecule has 0 aliphatic rings. The van der Waals surface area contributed by atoms with E-state index in [0.717, 1.165) is 6.07 Å². The highest BCUT2D eigenvalue weighted by Gasteiger charge is 2.26. The van der Waals surface area contributed by atoms with Crippen molar-refractivity contribution in [2.45, 2.75) is 18.9 Å². The van der Waals surface area contributed by atoms with E-state index in [0.29, 0.717) is 0 Å². The zero-order chi connectivity index (χ0) is 10.8. The summed E-state index contributed by atoms with van der Waals surface area (Å²) in [7, 11) is 0. The Morgan fingerprint density at radius 2 is 2.07 bits per heavy atom. The molecule has 0 fully saturated rings. The molecule has 1 aromatic rings. The molecule has 0 spiro atoms. The quantitative estimate of drug-likeness (QED) is 0.778. The molecule has 2 nitrogen and oxygen atoms in total. The smallest absolute Gasteiger partial charge is 0.164 e. The van der Waals surface area contributed by atoms with Gasteiger partial charge in [-0.3, -0.25) is 0 Å². The van der Waals surface area contributed by atoms with E-state index in [1.807, 2.05) is 0 Å². The first kappa shape index (κ1) is 11.1. The summed E-state index contributed by atoms with van der Waals surface area (Å²) >= 11 is 0. The predicted molar refractivity (Wildman–Crippen MR) is 49.6 cm³/mol. The second-order valence-corrected chi connectivity index (χ2v) is 3.41. The monoisotopic (exact) mass is 201 g/mol. The molecule has 1 atom stereocenters. The number of rotatable bonds is 3. The highest BCUT2D eigenvalue weighted by Crippen LogP contribution is 2.27. The van der Waals surface area contributed by atoms with Gasteiger partial charge < -0.3 is 10.8 Å². The summed E-state index contributed by atoms with van der Waals surface area (Å²) in [6.07, 6.45) is 0.188. The van der Waals surface area contributed by atoms with Crippen LogP contribution in [0.4, 0.5) is 8.78 Å². The molecule has 0 aromatic heterocycles. The fourth-order valence-corrected chi connectivity index (χ4v) is 1.34. The molecule has 0 amide bonds. The second-order valence-electron chi connectivity index (χ2n) is 3.41. The third-order valence-electron chi connectivity index (χ3n) is 2.16. The average molecular weight is 201 g/mol. The Hall–Kier alpha value is -1.00. The van der Waals surface area contributed by atoms with Crippen molar-refractivity contribution in [1.29, 1.82) is 0 Å². The molecule has 1 aromatic carbocycles. The van der Waals surface area contributed by atoms with Crippen LogP contribution in [0.1, 0.15) is 18.9 Å². The number of hydrogen-bond donors (Lipinski definition) is 2. The van der Waals surface area contributed by atoms with Crippen LogP contribution in [0.3, 0.4) is 0 Å². The van der Waals surface area contributed by atoms with E-state index in [1.54, 1.807) is 0 Å². The molecule has 0 radical (unpaired) electrons. The zero-order valence-corrected chi connectivity index (χ0v) is 7.93. The summed E-state index contributed by atoms with van der Waals surface area (Å²) in [5.41, 5.74) is 3.80. The van der Waals surface area contributed by atoms with Gasteiger partial charge in [0.1, 0.15) is 0 Å². The summed E-state index contributed by atoms with van der Waals surface area (Å²) in [6.45, 7) is 1.63. The van der Waals surface area contributed by atoms with Crippen molar-refractivity contribution in [3.8, 4) is 0 Å². The Morgan fingerprint density at radius 3 is 2.64 bits per heavy atom. The van der Waals surface area contributed by atoms with Crippen LogP contribution in [0.2, 0.25) is 0 Å². The predicted octanol–water partition coefficient (Wildman–Crippen LogP) is 1.52. The van der Waals surface area contributed by atoms with Gasteiger partial charge in [0.05, 0.1) is 5.60 Å². The van der Waals surface area contributed by atoms with Crippen molar-refractivity contribution in [3.05, 3.63) is 35.4 Å². The summed E-state index contributed by atoms with van der Waals surface area (Å²) in [4.78, 5) is 0. The number of hydrogen-bond acceptors (Lipinski definition) is 2. The van der Waals surface area contributed by atoms with Gasteiger partial charge in [0, 0.05) is 5.56 Å². The Balaban J connectivity index is 3.12. The van der Waals surface area contributed by atoms with Gasteiger partial charge in [-0.1, -0.05) is 12.1 Å². The van der Waals surface area contributed by atoms with Crippen LogP contribution in [0.5, 0.6) is 0 Å². The van der Waals surface area contributed by atoms with Gasteiger partial charge in [-0.15, -0.1) is 0 Å². The fraction of sp³-hybridized carbons (Fsp3) is 0.400. The molecule has 14 heavy (non-hydrogen) atoms. The van der Waals surface area contributed by atoms with E-state index in [9.17, 15) is 13.9 Å². The SMILES string of the molecule is CC(O)(CCN)c1cccc(F)c1F. The lowest BCUT2D eigenvalue weighted by atomic mass is 9.92. The first-order chi connectivity index (χ1) is 6.49. The Bertz CT molecular complexity index is 326. The van der Waals surface area contributed by atoms with E-state index >= 15 is 0 Å². The van der Waals surface area contributed by atoms with Crippen LogP contribution in [-0.4, -0.2) is 11.7 Å². The zero-order valence-electron chi connectivity index (χ0n) is 7.93. The highest BCUT2D eigenvalue weighted by atomic mass is 19.2. The molecule has 0 saturated carbocycles. The molecule has 78 valence electrons. The van der Waals surface area contributed by atoms with Crippen molar-refractivity contribution >= 4 is 0 Å². The van der Waals surface area contributed by atoms with Gasteiger partial charge in [0.2, 0.25) is 0 Å². The minimum Gasteiger partial charge on any atom is -0.385 e. The van der Waals surface area contributed by atoms with Gasteiger partial charge >= 0.3 is 0 Å². The van der Waals surface area contributed by atoms with Crippen LogP contribution in [0, 0.1) is 11.6 Å². The third kappa shape index (κ3) is 2.08. The maximum atomic E-state index is 13.2. The topological polar surface area (TPSA) is 46.2 Å². The fourth-order valence-electron chi connectivity index (χ4n) is 1.34. The van der Waals surface area contributed by atoms with Crippen LogP contribution in [0.25, 0.3) is 0 Å². The van der Waals surface area contributed by atoms with Gasteiger partial charge in [0.25, 0.3) is 0 Å². The maximum absolute atomic E-state index is 13.2. The van der Waals surface area contributed by atoms with Crippen LogP contribution in [-0.2, 0) is 5.60 Å². The molecule has 1 rings (SSSR count). The molecule has 0 heterocycles. The molecular formula is C10H13F2NO. The summed E-state index contributed by atoms with van der Waals surface area (Å²) in [6, 6.07) is 3.73. The van der Waals surface area contributed by atoms with Crippen LogP contribution in [0.15, 0.2) is 18.2 Å². The molecule has 0 bridgehead atoms. The van der Waals surface area contributed by atoms with E-state index < -0.39 is 17.2 Å². The van der Waals surface area contributed by atoms with Gasteiger partial charge in [-0.05, 0) is 26.0 Å². The minimum atomic E-state index is -1.42. The van der Waals surface area contributed by atoms with Crippen molar-refractivity contribution in [2.75, 3.05) is 6.54 Å². The van der Waals surface area contributed by atoms with E-state index in [-0.39, 0.29) is 18.5 Å². The number of nitrogens with two attached hydrogens (primary N) is 1. The Kier molecular flexibility index (Phi) is 3.18.